The number of carboxylic acid groups (broad SMARTS) is 1. The molecule has 0 saturated carbocycles. The van der Waals surface area contributed by atoms with Crippen molar-refractivity contribution < 1.29 is 19.0 Å². The highest BCUT2D eigenvalue weighted by atomic mass is 35.5. The number of pyridine rings is 1. The van der Waals surface area contributed by atoms with Gasteiger partial charge in [0.15, 0.2) is 0 Å². The van der Waals surface area contributed by atoms with E-state index >= 15 is 0 Å². The minimum atomic E-state index is -1.10. The van der Waals surface area contributed by atoms with Crippen molar-refractivity contribution in [3.8, 4) is 0 Å². The van der Waals surface area contributed by atoms with Crippen LogP contribution in [-0.4, -0.2) is 29.3 Å². The summed E-state index contributed by atoms with van der Waals surface area (Å²) in [5, 5.41) is 13.7. The number of nitrogens with zero attached hydrogens (tertiary/aromatic N) is 1. The fraction of sp³-hybridized carbons (Fsp3) is 0.238. The van der Waals surface area contributed by atoms with Crippen molar-refractivity contribution in [1.29, 1.82) is 0 Å². The topological polar surface area (TPSA) is 71.5 Å². The van der Waals surface area contributed by atoms with Gasteiger partial charge in [-0.3, -0.25) is 4.98 Å². The summed E-state index contributed by atoms with van der Waals surface area (Å²) in [4.78, 5) is 16.2. The molecule has 144 valence electrons. The lowest BCUT2D eigenvalue weighted by Crippen LogP contribution is -2.16. The second kappa shape index (κ2) is 7.73. The number of hydrogen-bond acceptors (Lipinski definition) is 4. The molecule has 0 radical (unpaired) electrons. The lowest BCUT2D eigenvalue weighted by atomic mass is 9.90. The highest BCUT2D eigenvalue weighted by Crippen LogP contribution is 2.38. The van der Waals surface area contributed by atoms with Crippen LogP contribution in [0.25, 0.3) is 10.9 Å². The van der Waals surface area contributed by atoms with Crippen LogP contribution < -0.4 is 5.32 Å². The predicted molar refractivity (Wildman–Crippen MR) is 106 cm³/mol. The Kier molecular flexibility index (Phi) is 5.15. The van der Waals surface area contributed by atoms with Crippen LogP contribution in [0.1, 0.15) is 34.7 Å². The molecule has 1 aliphatic rings. The van der Waals surface area contributed by atoms with E-state index in [1.54, 1.807) is 24.4 Å². The number of aromatic carboxylic acids is 1. The van der Waals surface area contributed by atoms with Crippen molar-refractivity contribution in [3.05, 3.63) is 64.6 Å². The van der Waals surface area contributed by atoms with E-state index in [0.717, 1.165) is 18.4 Å². The summed E-state index contributed by atoms with van der Waals surface area (Å²) >= 11 is 5.97. The van der Waals surface area contributed by atoms with E-state index in [1.165, 1.54) is 18.2 Å². The first-order valence-corrected chi connectivity index (χ1v) is 9.36. The Hall–Kier alpha value is -2.70. The van der Waals surface area contributed by atoms with E-state index in [-0.39, 0.29) is 17.3 Å². The minimum absolute atomic E-state index is 0.0480. The number of nitrogens with one attached hydrogen (secondary N) is 1. The summed E-state index contributed by atoms with van der Waals surface area (Å²) in [5.74, 6) is -1.28. The van der Waals surface area contributed by atoms with Gasteiger partial charge in [-0.15, -0.1) is 0 Å². The van der Waals surface area contributed by atoms with Crippen LogP contribution in [0.3, 0.4) is 0 Å². The summed E-state index contributed by atoms with van der Waals surface area (Å²) in [6.45, 7) is 1.29. The van der Waals surface area contributed by atoms with Gasteiger partial charge in [-0.05, 0) is 60.7 Å². The van der Waals surface area contributed by atoms with Crippen molar-refractivity contribution in [2.24, 2.45) is 0 Å². The Labute approximate surface area is 166 Å². The first kappa shape index (κ1) is 18.7. The summed E-state index contributed by atoms with van der Waals surface area (Å²) in [6, 6.07) is 9.02. The number of hydrogen-bond donors (Lipinski definition) is 2. The molecule has 2 heterocycles. The number of benzene rings is 2. The van der Waals surface area contributed by atoms with Crippen LogP contribution in [0, 0.1) is 5.82 Å². The zero-order valence-electron chi connectivity index (χ0n) is 14.9. The normalized spacial score (nSPS) is 14.9. The largest absolute Gasteiger partial charge is 0.478 e. The smallest absolute Gasteiger partial charge is 0.337 e. The number of anilines is 2. The highest BCUT2D eigenvalue weighted by Gasteiger charge is 2.22. The Morgan fingerprint density at radius 3 is 2.75 bits per heavy atom. The van der Waals surface area contributed by atoms with Crippen LogP contribution >= 0.6 is 11.6 Å². The van der Waals surface area contributed by atoms with Gasteiger partial charge >= 0.3 is 5.97 Å². The molecule has 0 spiro atoms. The van der Waals surface area contributed by atoms with Crippen molar-refractivity contribution in [3.63, 3.8) is 0 Å². The summed E-state index contributed by atoms with van der Waals surface area (Å²) in [7, 11) is 0. The van der Waals surface area contributed by atoms with Gasteiger partial charge in [-0.25, -0.2) is 9.18 Å². The van der Waals surface area contributed by atoms with Gasteiger partial charge in [-0.1, -0.05) is 11.6 Å². The molecule has 1 fully saturated rings. The fourth-order valence-corrected chi connectivity index (χ4v) is 3.75. The molecule has 0 unspecified atom stereocenters. The van der Waals surface area contributed by atoms with Crippen LogP contribution in [-0.2, 0) is 4.74 Å². The second-order valence-electron chi connectivity index (χ2n) is 6.76. The fourth-order valence-electron chi connectivity index (χ4n) is 3.57. The molecule has 28 heavy (non-hydrogen) atoms. The van der Waals surface area contributed by atoms with Gasteiger partial charge in [0.05, 0.1) is 22.5 Å². The lowest BCUT2D eigenvalue weighted by molar-refractivity contribution is 0.0698. The third-order valence-electron chi connectivity index (χ3n) is 4.99. The van der Waals surface area contributed by atoms with Gasteiger partial charge in [0.2, 0.25) is 0 Å². The monoisotopic (exact) mass is 400 g/mol. The maximum atomic E-state index is 14.0. The number of aromatic nitrogens is 1. The quantitative estimate of drug-likeness (QED) is 0.616. The van der Waals surface area contributed by atoms with Gasteiger partial charge in [0.1, 0.15) is 5.82 Å². The minimum Gasteiger partial charge on any atom is -0.478 e. The molecule has 1 saturated heterocycles. The van der Waals surface area contributed by atoms with E-state index in [0.29, 0.717) is 40.5 Å². The van der Waals surface area contributed by atoms with Crippen LogP contribution in [0.4, 0.5) is 15.8 Å². The van der Waals surface area contributed by atoms with E-state index in [1.807, 2.05) is 0 Å². The molecular formula is C21H18ClFN2O3. The van der Waals surface area contributed by atoms with Gasteiger partial charge in [-0.2, -0.15) is 0 Å². The standard InChI is InChI=1S/C21H18ClFN2O3/c22-13-1-3-19(16(9-13)21(26)27)25-20-15-10-14(23)2-4-18(15)24-11-17(20)12-5-7-28-8-6-12/h1-4,9-12H,5-8H2,(H,24,25)(H,26,27). The zero-order valence-corrected chi connectivity index (χ0v) is 15.7. The first-order chi connectivity index (χ1) is 13.5. The number of carbonyl (C=O) groups is 1. The zero-order chi connectivity index (χ0) is 19.7. The highest BCUT2D eigenvalue weighted by molar-refractivity contribution is 6.31. The first-order valence-electron chi connectivity index (χ1n) is 8.98. The maximum absolute atomic E-state index is 14.0. The van der Waals surface area contributed by atoms with Crippen molar-refractivity contribution >= 4 is 39.8 Å². The Bertz CT molecular complexity index is 1050. The molecule has 1 aliphatic heterocycles. The molecule has 0 bridgehead atoms. The van der Waals surface area contributed by atoms with Gasteiger partial charge in [0, 0.05) is 29.8 Å². The van der Waals surface area contributed by atoms with E-state index < -0.39 is 5.97 Å². The molecule has 0 amide bonds. The second-order valence-corrected chi connectivity index (χ2v) is 7.19. The number of halogens is 2. The van der Waals surface area contributed by atoms with E-state index in [4.69, 9.17) is 16.3 Å². The summed E-state index contributed by atoms with van der Waals surface area (Å²) in [5.41, 5.74) is 2.66. The molecule has 3 aromatic rings. The Morgan fingerprint density at radius 1 is 1.21 bits per heavy atom. The number of carboxylic acids is 1. The molecule has 0 atom stereocenters. The molecular weight excluding hydrogens is 383 g/mol. The number of fused-ring (bicyclic) bond motifs is 1. The molecule has 2 N–H and O–H groups in total. The molecule has 1 aromatic heterocycles. The summed E-state index contributed by atoms with van der Waals surface area (Å²) < 4.78 is 19.5. The van der Waals surface area contributed by atoms with Crippen molar-refractivity contribution in [2.45, 2.75) is 18.8 Å². The maximum Gasteiger partial charge on any atom is 0.337 e. The van der Waals surface area contributed by atoms with Crippen LogP contribution in [0.2, 0.25) is 5.02 Å². The third kappa shape index (κ3) is 3.66. The molecule has 0 aliphatic carbocycles. The summed E-state index contributed by atoms with van der Waals surface area (Å²) in [6.07, 6.45) is 3.43. The Balaban J connectivity index is 1.88. The van der Waals surface area contributed by atoms with Crippen molar-refractivity contribution in [2.75, 3.05) is 18.5 Å². The van der Waals surface area contributed by atoms with Crippen LogP contribution in [0.15, 0.2) is 42.6 Å². The third-order valence-corrected chi connectivity index (χ3v) is 5.23. The lowest BCUT2D eigenvalue weighted by Gasteiger charge is -2.26. The predicted octanol–water partition coefficient (Wildman–Crippen LogP) is 5.36. The van der Waals surface area contributed by atoms with E-state index in [2.05, 4.69) is 10.3 Å². The van der Waals surface area contributed by atoms with Crippen LogP contribution in [0.5, 0.6) is 0 Å². The number of rotatable bonds is 4. The average molecular weight is 401 g/mol. The van der Waals surface area contributed by atoms with Gasteiger partial charge in [0.25, 0.3) is 0 Å². The molecule has 4 rings (SSSR count). The molecule has 7 heteroatoms. The Morgan fingerprint density at radius 2 is 2.00 bits per heavy atom. The molecule has 2 aromatic carbocycles. The average Bonchev–Trinajstić information content (AvgIpc) is 2.70. The van der Waals surface area contributed by atoms with Crippen molar-refractivity contribution in [1.82, 2.24) is 4.98 Å². The SMILES string of the molecule is O=C(O)c1cc(Cl)ccc1Nc1c(C2CCOCC2)cnc2ccc(F)cc12. The van der Waals surface area contributed by atoms with Gasteiger partial charge < -0.3 is 15.2 Å². The molecule has 5 nitrogen and oxygen atoms in total. The number of ether oxygens (including phenoxy) is 1. The van der Waals surface area contributed by atoms with E-state index in [9.17, 15) is 14.3 Å².